The van der Waals surface area contributed by atoms with Gasteiger partial charge in [-0.2, -0.15) is 5.10 Å². The van der Waals surface area contributed by atoms with Gasteiger partial charge in [0.05, 0.1) is 11.1 Å². The normalized spacial score (nSPS) is 10.5. The van der Waals surface area contributed by atoms with Gasteiger partial charge in [0, 0.05) is 16.1 Å². The lowest BCUT2D eigenvalue weighted by atomic mass is 10.2. The first-order valence-electron chi connectivity index (χ1n) is 6.61. The number of hydrazone groups is 1. The third-order valence-corrected chi connectivity index (χ3v) is 3.29. The zero-order chi connectivity index (χ0) is 17.5. The Bertz CT molecular complexity index is 777. The topological polar surface area (TPSA) is 117 Å². The van der Waals surface area contributed by atoms with E-state index < -0.39 is 22.3 Å². The van der Waals surface area contributed by atoms with Crippen molar-refractivity contribution in [1.29, 1.82) is 0 Å². The van der Waals surface area contributed by atoms with Crippen LogP contribution in [0.1, 0.15) is 5.56 Å². The number of hydrogen-bond acceptors (Lipinski definition) is 6. The number of rotatable bonds is 6. The van der Waals surface area contributed by atoms with E-state index in [4.69, 9.17) is 4.74 Å². The second-order valence-electron chi connectivity index (χ2n) is 4.52. The Kier molecular flexibility index (Phi) is 5.85. The molecule has 0 spiro atoms. The standard InChI is InChI=1S/C15H12BrN3O5/c16-11-2-4-12(5-3-11)24-9-15(21)18-17-8-10-1-6-14(20)13(7-10)19(22)23/h1-8,20H,9H2,(H,18,21)/p-1/b17-8-. The van der Waals surface area contributed by atoms with Crippen molar-refractivity contribution in [3.63, 3.8) is 0 Å². The molecule has 1 amide bonds. The van der Waals surface area contributed by atoms with Crippen molar-refractivity contribution < 1.29 is 19.6 Å². The van der Waals surface area contributed by atoms with E-state index in [9.17, 15) is 20.0 Å². The van der Waals surface area contributed by atoms with Gasteiger partial charge in [0.1, 0.15) is 5.75 Å². The van der Waals surface area contributed by atoms with Crippen LogP contribution in [0, 0.1) is 10.1 Å². The molecule has 2 aromatic rings. The van der Waals surface area contributed by atoms with Gasteiger partial charge in [-0.3, -0.25) is 14.9 Å². The fraction of sp³-hybridized carbons (Fsp3) is 0.0667. The molecule has 0 heterocycles. The first-order chi connectivity index (χ1) is 11.5. The number of nitro groups is 1. The maximum Gasteiger partial charge on any atom is 0.277 e. The summed E-state index contributed by atoms with van der Waals surface area (Å²) in [6.45, 7) is -0.237. The van der Waals surface area contributed by atoms with Crippen LogP contribution < -0.4 is 15.3 Å². The molecule has 0 bridgehead atoms. The Morgan fingerprint density at radius 2 is 2.00 bits per heavy atom. The summed E-state index contributed by atoms with van der Waals surface area (Å²) >= 11 is 3.28. The van der Waals surface area contributed by atoms with Crippen LogP contribution in [0.4, 0.5) is 5.69 Å². The van der Waals surface area contributed by atoms with Crippen LogP contribution in [0.3, 0.4) is 0 Å². The lowest BCUT2D eigenvalue weighted by molar-refractivity contribution is -0.398. The minimum absolute atomic E-state index is 0.237. The summed E-state index contributed by atoms with van der Waals surface area (Å²) in [5.74, 6) is -0.660. The molecule has 9 heteroatoms. The van der Waals surface area contributed by atoms with Crippen LogP contribution in [0.2, 0.25) is 0 Å². The number of nitrogens with zero attached hydrogens (tertiary/aromatic N) is 2. The molecule has 24 heavy (non-hydrogen) atoms. The van der Waals surface area contributed by atoms with Gasteiger partial charge in [0.15, 0.2) is 6.61 Å². The number of nitro benzene ring substituents is 1. The van der Waals surface area contributed by atoms with Gasteiger partial charge in [-0.05, 0) is 30.0 Å². The molecule has 0 atom stereocenters. The summed E-state index contributed by atoms with van der Waals surface area (Å²) in [5, 5.41) is 25.6. The molecule has 2 rings (SSSR count). The van der Waals surface area contributed by atoms with E-state index in [1.165, 1.54) is 12.3 Å². The number of benzene rings is 2. The fourth-order valence-corrected chi connectivity index (χ4v) is 1.91. The lowest BCUT2D eigenvalue weighted by Crippen LogP contribution is -2.24. The Morgan fingerprint density at radius 1 is 1.29 bits per heavy atom. The van der Waals surface area contributed by atoms with E-state index in [1.807, 2.05) is 0 Å². The number of amides is 1. The summed E-state index contributed by atoms with van der Waals surface area (Å²) in [7, 11) is 0. The number of carbonyl (C=O) groups excluding carboxylic acids is 1. The van der Waals surface area contributed by atoms with E-state index in [1.54, 1.807) is 24.3 Å². The highest BCUT2D eigenvalue weighted by molar-refractivity contribution is 9.10. The molecular formula is C15H11BrN3O5-. The zero-order valence-electron chi connectivity index (χ0n) is 12.1. The molecule has 0 radical (unpaired) electrons. The highest BCUT2D eigenvalue weighted by atomic mass is 79.9. The van der Waals surface area contributed by atoms with Crippen molar-refractivity contribution in [2.75, 3.05) is 6.61 Å². The number of nitrogens with one attached hydrogen (secondary N) is 1. The van der Waals surface area contributed by atoms with Crippen LogP contribution in [0.5, 0.6) is 11.5 Å². The Hall–Kier alpha value is -2.94. The first kappa shape index (κ1) is 17.4. The lowest BCUT2D eigenvalue weighted by Gasteiger charge is -2.06. The quantitative estimate of drug-likeness (QED) is 0.458. The predicted octanol–water partition coefficient (Wildman–Crippen LogP) is 1.96. The van der Waals surface area contributed by atoms with Crippen LogP contribution in [0.25, 0.3) is 0 Å². The average Bonchev–Trinajstić information content (AvgIpc) is 2.55. The largest absolute Gasteiger partial charge is 0.868 e. The summed E-state index contributed by atoms with van der Waals surface area (Å²) in [4.78, 5) is 21.5. The molecule has 124 valence electrons. The molecular weight excluding hydrogens is 382 g/mol. The SMILES string of the molecule is O=C(COc1ccc(Br)cc1)N/N=C\c1ccc([O-])c([N+](=O)[O-])c1. The van der Waals surface area contributed by atoms with Gasteiger partial charge in [-0.15, -0.1) is 0 Å². The maximum atomic E-state index is 11.6. The molecule has 1 N–H and O–H groups in total. The van der Waals surface area contributed by atoms with Gasteiger partial charge in [-0.1, -0.05) is 28.1 Å². The maximum absolute atomic E-state index is 11.6. The van der Waals surface area contributed by atoms with Crippen LogP contribution in [-0.4, -0.2) is 23.7 Å². The van der Waals surface area contributed by atoms with Gasteiger partial charge in [0.25, 0.3) is 11.6 Å². The highest BCUT2D eigenvalue weighted by Gasteiger charge is 2.07. The first-order valence-corrected chi connectivity index (χ1v) is 7.41. The molecule has 2 aromatic carbocycles. The van der Waals surface area contributed by atoms with E-state index in [-0.39, 0.29) is 6.61 Å². The summed E-state index contributed by atoms with van der Waals surface area (Å²) in [5.41, 5.74) is 1.99. The number of hydrogen-bond donors (Lipinski definition) is 1. The molecule has 0 aliphatic carbocycles. The molecule has 0 aliphatic rings. The van der Waals surface area contributed by atoms with Crippen LogP contribution in [0.15, 0.2) is 52.0 Å². The average molecular weight is 393 g/mol. The second-order valence-corrected chi connectivity index (χ2v) is 5.44. The third-order valence-electron chi connectivity index (χ3n) is 2.77. The number of halogens is 1. The molecule has 8 nitrogen and oxygen atoms in total. The van der Waals surface area contributed by atoms with Crippen molar-refractivity contribution in [2.24, 2.45) is 5.10 Å². The van der Waals surface area contributed by atoms with E-state index in [2.05, 4.69) is 26.5 Å². The monoisotopic (exact) mass is 392 g/mol. The van der Waals surface area contributed by atoms with Gasteiger partial charge in [0.2, 0.25) is 0 Å². The number of carbonyl (C=O) groups is 1. The van der Waals surface area contributed by atoms with Crippen LogP contribution in [-0.2, 0) is 4.79 Å². The molecule has 0 saturated heterocycles. The minimum atomic E-state index is -0.774. The van der Waals surface area contributed by atoms with Crippen molar-refractivity contribution >= 4 is 33.7 Å². The molecule has 0 unspecified atom stereocenters. The second kappa shape index (κ2) is 8.06. The Balaban J connectivity index is 1.87. The summed E-state index contributed by atoms with van der Waals surface area (Å²) in [6.07, 6.45) is 1.20. The fourth-order valence-electron chi connectivity index (χ4n) is 1.65. The smallest absolute Gasteiger partial charge is 0.277 e. The van der Waals surface area contributed by atoms with E-state index in [0.29, 0.717) is 11.3 Å². The molecule has 0 aliphatic heterocycles. The number of ether oxygens (including phenoxy) is 1. The predicted molar refractivity (Wildman–Crippen MR) is 87.9 cm³/mol. The van der Waals surface area contributed by atoms with E-state index in [0.717, 1.165) is 16.6 Å². The molecule has 0 aromatic heterocycles. The van der Waals surface area contributed by atoms with Crippen molar-refractivity contribution in [3.05, 3.63) is 62.6 Å². The van der Waals surface area contributed by atoms with E-state index >= 15 is 0 Å². The van der Waals surface area contributed by atoms with Crippen molar-refractivity contribution in [3.8, 4) is 11.5 Å². The zero-order valence-corrected chi connectivity index (χ0v) is 13.7. The Morgan fingerprint density at radius 3 is 2.67 bits per heavy atom. The van der Waals surface area contributed by atoms with Gasteiger partial charge < -0.3 is 9.84 Å². The summed E-state index contributed by atoms with van der Waals surface area (Å²) in [6, 6.07) is 10.5. The minimum Gasteiger partial charge on any atom is -0.868 e. The molecule has 0 fully saturated rings. The highest BCUT2D eigenvalue weighted by Crippen LogP contribution is 2.22. The summed E-state index contributed by atoms with van der Waals surface area (Å²) < 4.78 is 6.15. The van der Waals surface area contributed by atoms with Crippen molar-refractivity contribution in [1.82, 2.24) is 5.43 Å². The third kappa shape index (κ3) is 5.06. The Labute approximate surface area is 145 Å². The molecule has 0 saturated carbocycles. The van der Waals surface area contributed by atoms with Gasteiger partial charge >= 0.3 is 0 Å². The van der Waals surface area contributed by atoms with Crippen LogP contribution >= 0.6 is 15.9 Å². The van der Waals surface area contributed by atoms with Crippen molar-refractivity contribution in [2.45, 2.75) is 0 Å². The van der Waals surface area contributed by atoms with Gasteiger partial charge in [-0.25, -0.2) is 5.43 Å².